The van der Waals surface area contributed by atoms with E-state index in [1.807, 2.05) is 6.92 Å². The van der Waals surface area contributed by atoms with Crippen molar-refractivity contribution in [2.45, 2.75) is 19.5 Å². The Kier molecular flexibility index (Phi) is 5.34. The van der Waals surface area contributed by atoms with Gasteiger partial charge >= 0.3 is 12.1 Å². The Balaban J connectivity index is 1.96. The molecular weight excluding hydrogens is 373 g/mol. The van der Waals surface area contributed by atoms with E-state index in [9.17, 15) is 18.0 Å². The molecule has 0 amide bonds. The zero-order valence-electron chi connectivity index (χ0n) is 15.1. The summed E-state index contributed by atoms with van der Waals surface area (Å²) in [6.45, 7) is 1.81. The zero-order chi connectivity index (χ0) is 20.3. The summed E-state index contributed by atoms with van der Waals surface area (Å²) in [5.41, 5.74) is 1.41. The van der Waals surface area contributed by atoms with E-state index < -0.39 is 17.7 Å². The van der Waals surface area contributed by atoms with E-state index in [1.54, 1.807) is 24.4 Å². The average Bonchev–Trinajstić information content (AvgIpc) is 3.03. The van der Waals surface area contributed by atoms with Crippen LogP contribution >= 0.6 is 0 Å². The molecule has 1 N–H and O–H groups in total. The quantitative estimate of drug-likeness (QED) is 0.666. The molecule has 0 bridgehead atoms. The van der Waals surface area contributed by atoms with Gasteiger partial charge in [-0.05, 0) is 37.3 Å². The molecule has 0 unspecified atom stereocenters. The van der Waals surface area contributed by atoms with E-state index in [0.717, 1.165) is 17.8 Å². The summed E-state index contributed by atoms with van der Waals surface area (Å²) >= 11 is 0. The fourth-order valence-electron chi connectivity index (χ4n) is 2.63. The summed E-state index contributed by atoms with van der Waals surface area (Å²) < 4.78 is 45.0. The van der Waals surface area contributed by atoms with Crippen LogP contribution in [0.5, 0.6) is 0 Å². The van der Waals surface area contributed by atoms with Crippen LogP contribution in [-0.2, 0) is 22.1 Å². The number of hydrogen-bond donors (Lipinski definition) is 1. The molecule has 0 fully saturated rings. The Morgan fingerprint density at radius 2 is 2.00 bits per heavy atom. The maximum atomic E-state index is 12.9. The van der Waals surface area contributed by atoms with Crippen LogP contribution in [0.15, 0.2) is 48.7 Å². The molecule has 0 atom stereocenters. The summed E-state index contributed by atoms with van der Waals surface area (Å²) in [4.78, 5) is 15.9. The molecule has 2 heterocycles. The predicted octanol–water partition coefficient (Wildman–Crippen LogP) is 4.05. The van der Waals surface area contributed by atoms with Gasteiger partial charge in [0.05, 0.1) is 30.5 Å². The second-order valence-corrected chi connectivity index (χ2v) is 6.04. The molecule has 146 valence electrons. The van der Waals surface area contributed by atoms with Crippen LogP contribution in [0.4, 0.5) is 24.7 Å². The average molecular weight is 390 g/mol. The number of rotatable bonds is 5. The van der Waals surface area contributed by atoms with Gasteiger partial charge in [0.25, 0.3) is 0 Å². The maximum Gasteiger partial charge on any atom is 0.416 e. The number of halogens is 3. The van der Waals surface area contributed by atoms with Crippen LogP contribution in [0, 0.1) is 6.92 Å². The Morgan fingerprint density at radius 1 is 1.21 bits per heavy atom. The van der Waals surface area contributed by atoms with Gasteiger partial charge in [0.1, 0.15) is 0 Å². The molecule has 6 nitrogen and oxygen atoms in total. The first-order valence-electron chi connectivity index (χ1n) is 8.29. The number of aryl methyl sites for hydroxylation is 1. The van der Waals surface area contributed by atoms with Crippen molar-refractivity contribution in [2.75, 3.05) is 12.4 Å². The van der Waals surface area contributed by atoms with Crippen molar-refractivity contribution in [3.8, 4) is 5.69 Å². The second-order valence-electron chi connectivity index (χ2n) is 6.04. The molecule has 3 rings (SSSR count). The third-order valence-corrected chi connectivity index (χ3v) is 3.92. The molecule has 0 radical (unpaired) electrons. The van der Waals surface area contributed by atoms with Crippen molar-refractivity contribution in [1.82, 2.24) is 14.8 Å². The lowest BCUT2D eigenvalue weighted by atomic mass is 10.2. The largest absolute Gasteiger partial charge is 0.469 e. The van der Waals surface area contributed by atoms with Gasteiger partial charge in [-0.1, -0.05) is 6.07 Å². The van der Waals surface area contributed by atoms with Gasteiger partial charge in [-0.2, -0.15) is 13.2 Å². The minimum absolute atomic E-state index is 0.0465. The van der Waals surface area contributed by atoms with Gasteiger partial charge < -0.3 is 10.1 Å². The normalized spacial score (nSPS) is 11.3. The van der Waals surface area contributed by atoms with Gasteiger partial charge in [-0.3, -0.25) is 9.78 Å². The number of methoxy groups -OCH3 is 1. The van der Waals surface area contributed by atoms with Gasteiger partial charge in [-0.25, -0.2) is 4.68 Å². The highest BCUT2D eigenvalue weighted by Gasteiger charge is 2.30. The second kappa shape index (κ2) is 7.71. The number of hydrogen-bond acceptors (Lipinski definition) is 5. The lowest BCUT2D eigenvalue weighted by molar-refractivity contribution is -0.140. The summed E-state index contributed by atoms with van der Waals surface area (Å²) in [5, 5.41) is 7.24. The van der Waals surface area contributed by atoms with Crippen molar-refractivity contribution >= 4 is 17.5 Å². The molecule has 0 saturated carbocycles. The highest BCUT2D eigenvalue weighted by molar-refractivity contribution is 5.73. The molecule has 0 aliphatic carbocycles. The molecular formula is C19H17F3N4O2. The first-order chi connectivity index (χ1) is 13.3. The number of aromatic nitrogens is 3. The minimum Gasteiger partial charge on any atom is -0.469 e. The van der Waals surface area contributed by atoms with Crippen LogP contribution in [0.3, 0.4) is 0 Å². The zero-order valence-corrected chi connectivity index (χ0v) is 15.1. The molecule has 3 aromatic rings. The smallest absolute Gasteiger partial charge is 0.416 e. The van der Waals surface area contributed by atoms with Crippen molar-refractivity contribution in [2.24, 2.45) is 0 Å². The highest BCUT2D eigenvalue weighted by Crippen LogP contribution is 2.31. The SMILES string of the molecule is COC(=O)Cc1cc(Nc2cccc(C(F)(F)F)c2)nn1-c1ccnc(C)c1. The summed E-state index contributed by atoms with van der Waals surface area (Å²) in [6.07, 6.45) is -2.88. The number of pyridine rings is 1. The monoisotopic (exact) mass is 390 g/mol. The van der Waals surface area contributed by atoms with E-state index in [-0.39, 0.29) is 12.1 Å². The molecule has 9 heteroatoms. The molecule has 0 aliphatic rings. The summed E-state index contributed by atoms with van der Waals surface area (Å²) in [6, 6.07) is 9.89. The van der Waals surface area contributed by atoms with E-state index in [1.165, 1.54) is 23.9 Å². The van der Waals surface area contributed by atoms with E-state index >= 15 is 0 Å². The molecule has 28 heavy (non-hydrogen) atoms. The van der Waals surface area contributed by atoms with Crippen molar-refractivity contribution < 1.29 is 22.7 Å². The minimum atomic E-state index is -4.44. The first kappa shape index (κ1) is 19.4. The summed E-state index contributed by atoms with van der Waals surface area (Å²) in [7, 11) is 1.28. The maximum absolute atomic E-state index is 12.9. The Hall–Kier alpha value is -3.36. The fourth-order valence-corrected chi connectivity index (χ4v) is 2.63. The number of alkyl halides is 3. The highest BCUT2D eigenvalue weighted by atomic mass is 19.4. The third-order valence-electron chi connectivity index (χ3n) is 3.92. The number of esters is 1. The van der Waals surface area contributed by atoms with Crippen LogP contribution in [0.1, 0.15) is 17.0 Å². The van der Waals surface area contributed by atoms with Crippen LogP contribution in [0.25, 0.3) is 5.69 Å². The molecule has 2 aromatic heterocycles. The number of ether oxygens (including phenoxy) is 1. The Labute approximate surface area is 159 Å². The van der Waals surface area contributed by atoms with Crippen molar-refractivity contribution in [3.63, 3.8) is 0 Å². The Bertz CT molecular complexity index is 999. The lowest BCUT2D eigenvalue weighted by Gasteiger charge is -2.09. The Morgan fingerprint density at radius 3 is 2.68 bits per heavy atom. The van der Waals surface area contributed by atoms with E-state index in [0.29, 0.717) is 17.2 Å². The van der Waals surface area contributed by atoms with Gasteiger partial charge in [0.15, 0.2) is 5.82 Å². The van der Waals surface area contributed by atoms with Crippen LogP contribution in [-0.4, -0.2) is 27.8 Å². The standard InChI is InChI=1S/C19H17F3N4O2/c1-12-8-15(6-7-23-12)26-16(11-18(27)28-2)10-17(25-26)24-14-5-3-4-13(9-14)19(20,21)22/h3-10H,11H2,1-2H3,(H,24,25). The number of carbonyl (C=O) groups is 1. The number of nitrogens with zero attached hydrogens (tertiary/aromatic N) is 3. The lowest BCUT2D eigenvalue weighted by Crippen LogP contribution is -2.10. The van der Waals surface area contributed by atoms with Gasteiger partial charge in [0, 0.05) is 23.6 Å². The van der Waals surface area contributed by atoms with E-state index in [4.69, 9.17) is 4.74 Å². The van der Waals surface area contributed by atoms with Crippen molar-refractivity contribution in [3.05, 3.63) is 65.6 Å². The number of benzene rings is 1. The first-order valence-corrected chi connectivity index (χ1v) is 8.29. The van der Waals surface area contributed by atoms with Gasteiger partial charge in [-0.15, -0.1) is 5.10 Å². The van der Waals surface area contributed by atoms with Crippen LogP contribution < -0.4 is 5.32 Å². The topological polar surface area (TPSA) is 69.0 Å². The van der Waals surface area contributed by atoms with Gasteiger partial charge in [0.2, 0.25) is 0 Å². The predicted molar refractivity (Wildman–Crippen MR) is 96.5 cm³/mol. The number of nitrogens with one attached hydrogen (secondary N) is 1. The molecule has 0 saturated heterocycles. The number of anilines is 2. The number of carbonyl (C=O) groups excluding carboxylic acids is 1. The third kappa shape index (κ3) is 4.48. The van der Waals surface area contributed by atoms with Crippen molar-refractivity contribution in [1.29, 1.82) is 0 Å². The van der Waals surface area contributed by atoms with E-state index in [2.05, 4.69) is 15.4 Å². The fraction of sp³-hybridized carbons (Fsp3) is 0.211. The molecule has 0 aliphatic heterocycles. The molecule has 0 spiro atoms. The molecule has 1 aromatic carbocycles. The van der Waals surface area contributed by atoms with Crippen LogP contribution in [0.2, 0.25) is 0 Å². The summed E-state index contributed by atoms with van der Waals surface area (Å²) in [5.74, 6) is -0.162.